The summed E-state index contributed by atoms with van der Waals surface area (Å²) in [4.78, 5) is 22.7. The van der Waals surface area contributed by atoms with Gasteiger partial charge >= 0.3 is 5.97 Å². The molecule has 0 radical (unpaired) electrons. The number of rotatable bonds is 7. The van der Waals surface area contributed by atoms with E-state index in [1.165, 1.54) is 6.92 Å². The van der Waals surface area contributed by atoms with Gasteiger partial charge in [0, 0.05) is 18.4 Å². The van der Waals surface area contributed by atoms with Gasteiger partial charge in [-0.1, -0.05) is 25.8 Å². The number of carbonyl (C=O) groups excluding carboxylic acids is 2. The van der Waals surface area contributed by atoms with Crippen LogP contribution in [-0.4, -0.2) is 17.4 Å². The number of esters is 1. The Kier molecular flexibility index (Phi) is 8.69. The minimum Gasteiger partial charge on any atom is -0.457 e. The van der Waals surface area contributed by atoms with Gasteiger partial charge in [0.15, 0.2) is 0 Å². The molecule has 0 bridgehead atoms. The van der Waals surface area contributed by atoms with Gasteiger partial charge in [0.2, 0.25) is 5.78 Å². The van der Waals surface area contributed by atoms with Crippen molar-refractivity contribution in [1.29, 1.82) is 0 Å². The van der Waals surface area contributed by atoms with Crippen LogP contribution in [0.1, 0.15) is 66.7 Å². The molecule has 0 aliphatic rings. The van der Waals surface area contributed by atoms with Gasteiger partial charge < -0.3 is 4.74 Å². The second-order valence-corrected chi connectivity index (χ2v) is 6.31. The zero-order valence-corrected chi connectivity index (χ0v) is 14.0. The summed E-state index contributed by atoms with van der Waals surface area (Å²) >= 11 is 0. The molecule has 1 unspecified atom stereocenters. The SMILES string of the molecule is C=C(CCCC(C#CC(C)=O)CCC)C(=O)OC(C)(C)C. The van der Waals surface area contributed by atoms with E-state index in [1.54, 1.807) is 0 Å². The van der Waals surface area contributed by atoms with Gasteiger partial charge in [0.1, 0.15) is 5.60 Å². The van der Waals surface area contributed by atoms with Crippen LogP contribution >= 0.6 is 0 Å². The van der Waals surface area contributed by atoms with Gasteiger partial charge in [0.05, 0.1) is 0 Å². The maximum absolute atomic E-state index is 11.8. The summed E-state index contributed by atoms with van der Waals surface area (Å²) in [5.41, 5.74) is 0.0114. The molecule has 0 amide bonds. The van der Waals surface area contributed by atoms with Crippen LogP contribution in [0.25, 0.3) is 0 Å². The molecule has 0 aromatic carbocycles. The quantitative estimate of drug-likeness (QED) is 0.307. The lowest BCUT2D eigenvalue weighted by Crippen LogP contribution is -2.24. The molecule has 0 aromatic rings. The number of ether oxygens (including phenoxy) is 1. The van der Waals surface area contributed by atoms with Crippen LogP contribution in [0, 0.1) is 17.8 Å². The second kappa shape index (κ2) is 9.39. The molecule has 0 fully saturated rings. The Morgan fingerprint density at radius 3 is 2.33 bits per heavy atom. The van der Waals surface area contributed by atoms with E-state index in [2.05, 4.69) is 25.3 Å². The maximum Gasteiger partial charge on any atom is 0.333 e. The van der Waals surface area contributed by atoms with Crippen molar-refractivity contribution >= 4 is 11.8 Å². The van der Waals surface area contributed by atoms with E-state index in [0.29, 0.717) is 12.0 Å². The molecule has 0 aromatic heterocycles. The Labute approximate surface area is 129 Å². The third-order valence-corrected chi connectivity index (χ3v) is 2.81. The minimum absolute atomic E-state index is 0.103. The summed E-state index contributed by atoms with van der Waals surface area (Å²) in [6, 6.07) is 0. The van der Waals surface area contributed by atoms with E-state index >= 15 is 0 Å². The van der Waals surface area contributed by atoms with Crippen molar-refractivity contribution in [2.45, 2.75) is 72.3 Å². The molecule has 118 valence electrons. The van der Waals surface area contributed by atoms with Crippen LogP contribution in [0.5, 0.6) is 0 Å². The molecule has 0 aliphatic carbocycles. The van der Waals surface area contributed by atoms with Crippen LogP contribution < -0.4 is 0 Å². The van der Waals surface area contributed by atoms with Gasteiger partial charge in [-0.15, -0.1) is 0 Å². The molecule has 0 saturated carbocycles. The van der Waals surface area contributed by atoms with Gasteiger partial charge in [-0.2, -0.15) is 0 Å². The van der Waals surface area contributed by atoms with E-state index in [1.807, 2.05) is 20.8 Å². The predicted molar refractivity (Wildman–Crippen MR) is 85.7 cm³/mol. The molecule has 0 saturated heterocycles. The zero-order chi connectivity index (χ0) is 16.5. The van der Waals surface area contributed by atoms with E-state index in [-0.39, 0.29) is 17.7 Å². The fraction of sp³-hybridized carbons (Fsp3) is 0.667. The first kappa shape index (κ1) is 19.4. The van der Waals surface area contributed by atoms with Crippen LogP contribution in [0.15, 0.2) is 12.2 Å². The summed E-state index contributed by atoms with van der Waals surface area (Å²) in [5, 5.41) is 0. The lowest BCUT2D eigenvalue weighted by atomic mass is 9.96. The smallest absolute Gasteiger partial charge is 0.333 e. The Bertz CT molecular complexity index is 430. The molecule has 0 spiro atoms. The maximum atomic E-state index is 11.8. The van der Waals surface area contributed by atoms with Crippen LogP contribution in [0.3, 0.4) is 0 Å². The van der Waals surface area contributed by atoms with Crippen molar-refractivity contribution in [2.24, 2.45) is 5.92 Å². The summed E-state index contributed by atoms with van der Waals surface area (Å²) in [6.07, 6.45) is 4.31. The summed E-state index contributed by atoms with van der Waals surface area (Å²) in [7, 11) is 0. The lowest BCUT2D eigenvalue weighted by Gasteiger charge is -2.20. The third kappa shape index (κ3) is 10.8. The Balaban J connectivity index is 4.26. The van der Waals surface area contributed by atoms with Gasteiger partial charge in [-0.05, 0) is 52.4 Å². The molecule has 0 rings (SSSR count). The summed E-state index contributed by atoms with van der Waals surface area (Å²) < 4.78 is 5.27. The largest absolute Gasteiger partial charge is 0.457 e. The molecule has 3 nitrogen and oxygen atoms in total. The Morgan fingerprint density at radius 1 is 1.24 bits per heavy atom. The van der Waals surface area contributed by atoms with E-state index in [0.717, 1.165) is 25.7 Å². The Hall–Kier alpha value is -1.56. The van der Waals surface area contributed by atoms with Crippen molar-refractivity contribution in [2.75, 3.05) is 0 Å². The molecule has 0 aliphatic heterocycles. The van der Waals surface area contributed by atoms with Gasteiger partial charge in [-0.3, -0.25) is 4.79 Å². The number of hydrogen-bond donors (Lipinski definition) is 0. The Morgan fingerprint density at radius 2 is 1.86 bits per heavy atom. The second-order valence-electron chi connectivity index (χ2n) is 6.31. The standard InChI is InChI=1S/C18H28O3/c1-7-9-16(13-12-15(3)19)11-8-10-14(2)17(20)21-18(4,5)6/h16H,2,7-11H2,1,3-6H3. The molecular formula is C18H28O3. The fourth-order valence-corrected chi connectivity index (χ4v) is 1.86. The highest BCUT2D eigenvalue weighted by Crippen LogP contribution is 2.18. The van der Waals surface area contributed by atoms with Gasteiger partial charge in [-0.25, -0.2) is 4.79 Å². The highest BCUT2D eigenvalue weighted by atomic mass is 16.6. The van der Waals surface area contributed by atoms with Crippen LogP contribution in [0.4, 0.5) is 0 Å². The van der Waals surface area contributed by atoms with E-state index in [9.17, 15) is 9.59 Å². The normalized spacial score (nSPS) is 12.0. The zero-order valence-electron chi connectivity index (χ0n) is 14.0. The third-order valence-electron chi connectivity index (χ3n) is 2.81. The van der Waals surface area contributed by atoms with Crippen LogP contribution in [-0.2, 0) is 14.3 Å². The fourth-order valence-electron chi connectivity index (χ4n) is 1.86. The molecule has 3 heteroatoms. The van der Waals surface area contributed by atoms with Crippen LogP contribution in [0.2, 0.25) is 0 Å². The average Bonchev–Trinajstić information content (AvgIpc) is 2.33. The van der Waals surface area contributed by atoms with Crippen molar-refractivity contribution in [1.82, 2.24) is 0 Å². The first-order valence-electron chi connectivity index (χ1n) is 7.59. The minimum atomic E-state index is -0.488. The molecule has 0 heterocycles. The first-order valence-corrected chi connectivity index (χ1v) is 7.59. The topological polar surface area (TPSA) is 43.4 Å². The molecule has 0 N–H and O–H groups in total. The van der Waals surface area contributed by atoms with Crippen molar-refractivity contribution in [3.8, 4) is 11.8 Å². The highest BCUT2D eigenvalue weighted by molar-refractivity contribution is 5.93. The molecule has 21 heavy (non-hydrogen) atoms. The summed E-state index contributed by atoms with van der Waals surface area (Å²) in [5.74, 6) is 5.42. The van der Waals surface area contributed by atoms with E-state index in [4.69, 9.17) is 4.74 Å². The number of Topliss-reactive ketones (excluding diaryl/α,β-unsaturated/α-hetero) is 1. The van der Waals surface area contributed by atoms with Gasteiger partial charge in [0.25, 0.3) is 0 Å². The van der Waals surface area contributed by atoms with Crippen molar-refractivity contribution in [3.05, 3.63) is 12.2 Å². The number of carbonyl (C=O) groups is 2. The number of hydrogen-bond acceptors (Lipinski definition) is 3. The lowest BCUT2D eigenvalue weighted by molar-refractivity contribution is -0.150. The van der Waals surface area contributed by atoms with E-state index < -0.39 is 5.60 Å². The number of ketones is 1. The monoisotopic (exact) mass is 292 g/mol. The van der Waals surface area contributed by atoms with Crippen molar-refractivity contribution < 1.29 is 14.3 Å². The molecule has 1 atom stereocenters. The first-order chi connectivity index (χ1) is 9.65. The molecular weight excluding hydrogens is 264 g/mol. The van der Waals surface area contributed by atoms with Crippen molar-refractivity contribution in [3.63, 3.8) is 0 Å². The summed E-state index contributed by atoms with van der Waals surface area (Å²) in [6.45, 7) is 12.9. The predicted octanol–water partition coefficient (Wildman–Crippen LogP) is 4.06. The average molecular weight is 292 g/mol. The highest BCUT2D eigenvalue weighted by Gasteiger charge is 2.18.